The van der Waals surface area contributed by atoms with Gasteiger partial charge in [-0.2, -0.15) is 4.73 Å². The van der Waals surface area contributed by atoms with E-state index in [1.54, 1.807) is 12.1 Å². The summed E-state index contributed by atoms with van der Waals surface area (Å²) in [7, 11) is 0. The van der Waals surface area contributed by atoms with Crippen LogP contribution in [0.25, 0.3) is 0 Å². The van der Waals surface area contributed by atoms with E-state index in [2.05, 4.69) is 22.3 Å². The normalized spacial score (nSPS) is 19.0. The second-order valence-corrected chi connectivity index (χ2v) is 10.0. The van der Waals surface area contributed by atoms with E-state index < -0.39 is 0 Å². The fourth-order valence-corrected chi connectivity index (χ4v) is 5.15. The van der Waals surface area contributed by atoms with Crippen molar-refractivity contribution in [2.24, 2.45) is 11.3 Å². The molecule has 2 saturated heterocycles. The van der Waals surface area contributed by atoms with Gasteiger partial charge >= 0.3 is 0 Å². The molecule has 2 amide bonds. The van der Waals surface area contributed by atoms with Crippen molar-refractivity contribution in [3.05, 3.63) is 71.2 Å². The minimum absolute atomic E-state index is 0.0137. The number of amides is 2. The zero-order valence-corrected chi connectivity index (χ0v) is 20.3. The highest BCUT2D eigenvalue weighted by Crippen LogP contribution is 2.42. The molecular weight excluding hydrogens is 428 g/mol. The first-order valence-electron chi connectivity index (χ1n) is 12.4. The van der Waals surface area contributed by atoms with Crippen LogP contribution >= 0.6 is 0 Å². The van der Waals surface area contributed by atoms with Gasteiger partial charge in [-0.05, 0) is 50.4 Å². The minimum atomic E-state index is -0.288. The first-order valence-corrected chi connectivity index (χ1v) is 12.4. The lowest BCUT2D eigenvalue weighted by Gasteiger charge is -2.38. The van der Waals surface area contributed by atoms with Crippen LogP contribution in [0.4, 0.5) is 0 Å². The number of nitrogens with zero attached hydrogens (tertiary/aromatic N) is 3. The van der Waals surface area contributed by atoms with Gasteiger partial charge in [0.05, 0.1) is 11.5 Å². The summed E-state index contributed by atoms with van der Waals surface area (Å²) in [5.74, 6) is 0.215. The number of carbonyl (C=O) groups excluding carboxylic acids is 2. The van der Waals surface area contributed by atoms with Crippen LogP contribution in [0.2, 0.25) is 0 Å². The Morgan fingerprint density at radius 1 is 1.06 bits per heavy atom. The van der Waals surface area contributed by atoms with E-state index in [4.69, 9.17) is 0 Å². The van der Waals surface area contributed by atoms with Crippen LogP contribution < -0.4 is 10.0 Å². The Labute approximate surface area is 202 Å². The number of hydrogen-bond acceptors (Lipinski definition) is 4. The molecule has 0 bridgehead atoms. The van der Waals surface area contributed by atoms with Gasteiger partial charge in [0.25, 0.3) is 0 Å². The molecule has 1 N–H and O–H groups in total. The number of aromatic nitrogens is 1. The SMILES string of the molecule is CC(C)C(=O)N[C@@H](CCN1CCC2(CC1)CCN(Cc1cccc[n+]1[O-])C2=O)c1ccccc1. The third-order valence-corrected chi connectivity index (χ3v) is 7.45. The number of carbonyl (C=O) groups is 2. The standard InChI is InChI=1S/C27H36N4O3/c1-21(2)25(32)28-24(22-8-4-3-5-9-22)11-16-29-17-12-27(13-18-29)14-19-30(26(27)33)20-23-10-6-7-15-31(23)34/h3-10,15,21,24H,11-14,16-20H2,1-2H3,(H,28,32)/t24-/m0/s1. The molecule has 0 saturated carbocycles. The van der Waals surface area contributed by atoms with Crippen LogP contribution in [0.1, 0.15) is 56.8 Å². The third-order valence-electron chi connectivity index (χ3n) is 7.45. The van der Waals surface area contributed by atoms with E-state index in [9.17, 15) is 14.8 Å². The molecule has 0 unspecified atom stereocenters. The average Bonchev–Trinajstić information content (AvgIpc) is 3.14. The van der Waals surface area contributed by atoms with Gasteiger partial charge in [-0.3, -0.25) is 9.59 Å². The molecule has 1 aromatic heterocycles. The van der Waals surface area contributed by atoms with E-state index >= 15 is 0 Å². The Balaban J connectivity index is 1.32. The molecule has 0 radical (unpaired) electrons. The summed E-state index contributed by atoms with van der Waals surface area (Å²) in [6, 6.07) is 15.5. The predicted octanol–water partition coefficient (Wildman–Crippen LogP) is 3.04. The minimum Gasteiger partial charge on any atom is -0.618 e. The number of rotatable bonds is 8. The largest absolute Gasteiger partial charge is 0.618 e. The maximum absolute atomic E-state index is 13.3. The van der Waals surface area contributed by atoms with E-state index in [1.165, 1.54) is 6.20 Å². The Morgan fingerprint density at radius 2 is 1.74 bits per heavy atom. The van der Waals surface area contributed by atoms with Gasteiger partial charge in [0.1, 0.15) is 6.54 Å². The molecule has 2 aliphatic rings. The average molecular weight is 465 g/mol. The maximum atomic E-state index is 13.3. The van der Waals surface area contributed by atoms with E-state index in [0.717, 1.165) is 55.6 Å². The lowest BCUT2D eigenvalue weighted by molar-refractivity contribution is -0.615. The molecule has 2 aliphatic heterocycles. The molecule has 1 atom stereocenters. The summed E-state index contributed by atoms with van der Waals surface area (Å²) in [5.41, 5.74) is 1.45. The van der Waals surface area contributed by atoms with Crippen LogP contribution in [-0.4, -0.2) is 47.8 Å². The van der Waals surface area contributed by atoms with Crippen LogP contribution in [-0.2, 0) is 16.1 Å². The first kappa shape index (κ1) is 24.2. The Morgan fingerprint density at radius 3 is 2.41 bits per heavy atom. The molecule has 34 heavy (non-hydrogen) atoms. The van der Waals surface area contributed by atoms with E-state index in [0.29, 0.717) is 18.8 Å². The molecular formula is C27H36N4O3. The molecule has 182 valence electrons. The van der Waals surface area contributed by atoms with Crippen molar-refractivity contribution in [2.75, 3.05) is 26.2 Å². The molecule has 1 aromatic carbocycles. The van der Waals surface area contributed by atoms with Gasteiger partial charge in [-0.1, -0.05) is 44.2 Å². The topological polar surface area (TPSA) is 79.6 Å². The number of pyridine rings is 1. The summed E-state index contributed by atoms with van der Waals surface area (Å²) in [5, 5.41) is 15.2. The fourth-order valence-electron chi connectivity index (χ4n) is 5.15. The van der Waals surface area contributed by atoms with Crippen LogP contribution in [0.15, 0.2) is 54.7 Å². The fraction of sp³-hybridized carbons (Fsp3) is 0.519. The second kappa shape index (κ2) is 10.6. The van der Waals surface area contributed by atoms with Gasteiger partial charge < -0.3 is 20.3 Å². The zero-order chi connectivity index (χ0) is 24.1. The van der Waals surface area contributed by atoms with Crippen LogP contribution in [0, 0.1) is 16.5 Å². The zero-order valence-electron chi connectivity index (χ0n) is 20.3. The molecule has 3 heterocycles. The van der Waals surface area contributed by atoms with Gasteiger partial charge in [0, 0.05) is 31.1 Å². The van der Waals surface area contributed by atoms with E-state index in [1.807, 2.05) is 43.0 Å². The van der Waals surface area contributed by atoms with Crippen LogP contribution in [0.3, 0.4) is 0 Å². The molecule has 4 rings (SSSR count). The van der Waals surface area contributed by atoms with Gasteiger partial charge in [-0.25, -0.2) is 0 Å². The van der Waals surface area contributed by atoms with Crippen molar-refractivity contribution in [1.29, 1.82) is 0 Å². The Bertz CT molecular complexity index is 986. The molecule has 1 spiro atoms. The molecule has 2 fully saturated rings. The highest BCUT2D eigenvalue weighted by molar-refractivity contribution is 5.85. The summed E-state index contributed by atoms with van der Waals surface area (Å²) in [6.07, 6.45) is 4.89. The van der Waals surface area contributed by atoms with Crippen LogP contribution in [0.5, 0.6) is 0 Å². The third kappa shape index (κ3) is 5.41. The summed E-state index contributed by atoms with van der Waals surface area (Å²) in [4.78, 5) is 29.9. The lowest BCUT2D eigenvalue weighted by atomic mass is 9.77. The number of hydrogen-bond donors (Lipinski definition) is 1. The van der Waals surface area contributed by atoms with Crippen molar-refractivity contribution in [1.82, 2.24) is 15.1 Å². The van der Waals surface area contributed by atoms with Crippen molar-refractivity contribution < 1.29 is 14.3 Å². The summed E-state index contributed by atoms with van der Waals surface area (Å²) >= 11 is 0. The van der Waals surface area contributed by atoms with Gasteiger partial charge in [0.15, 0.2) is 6.20 Å². The maximum Gasteiger partial charge on any atom is 0.229 e. The molecule has 2 aromatic rings. The summed E-state index contributed by atoms with van der Waals surface area (Å²) in [6.45, 7) is 7.56. The van der Waals surface area contributed by atoms with Crippen molar-refractivity contribution in [3.8, 4) is 0 Å². The number of piperidine rings is 1. The lowest BCUT2D eigenvalue weighted by Crippen LogP contribution is -2.46. The predicted molar refractivity (Wildman–Crippen MR) is 130 cm³/mol. The van der Waals surface area contributed by atoms with Crippen molar-refractivity contribution >= 4 is 11.8 Å². The number of benzene rings is 1. The number of likely N-dealkylation sites (tertiary alicyclic amines) is 2. The first-order chi connectivity index (χ1) is 16.4. The monoisotopic (exact) mass is 464 g/mol. The summed E-state index contributed by atoms with van der Waals surface area (Å²) < 4.78 is 0.849. The highest BCUT2D eigenvalue weighted by atomic mass is 16.5. The molecule has 0 aliphatic carbocycles. The van der Waals surface area contributed by atoms with Gasteiger partial charge in [-0.15, -0.1) is 0 Å². The smallest absolute Gasteiger partial charge is 0.229 e. The Hall–Kier alpha value is -2.93. The second-order valence-electron chi connectivity index (χ2n) is 10.0. The Kier molecular flexibility index (Phi) is 7.51. The number of nitrogens with one attached hydrogen (secondary N) is 1. The molecule has 7 heteroatoms. The quantitative estimate of drug-likeness (QED) is 0.481. The van der Waals surface area contributed by atoms with Gasteiger partial charge in [0.2, 0.25) is 17.5 Å². The van der Waals surface area contributed by atoms with E-state index in [-0.39, 0.29) is 29.2 Å². The highest BCUT2D eigenvalue weighted by Gasteiger charge is 2.48. The van der Waals surface area contributed by atoms with Crippen molar-refractivity contribution in [3.63, 3.8) is 0 Å². The molecule has 7 nitrogen and oxygen atoms in total. The van der Waals surface area contributed by atoms with Crippen molar-refractivity contribution in [2.45, 2.75) is 52.1 Å².